The molecule has 0 aromatic rings. The minimum atomic E-state index is -4.10. The minimum Gasteiger partial charge on any atom is -0.293 e. The topological polar surface area (TPSA) is 12.4 Å². The summed E-state index contributed by atoms with van der Waals surface area (Å²) >= 11 is 0. The minimum absolute atomic E-state index is 0.184. The summed E-state index contributed by atoms with van der Waals surface area (Å²) in [6.45, 7) is 3.71. The standard InChI is InChI=1S/C9H14F3N/c1-3-8(2)4-6-13-7-5-9(10,11)12/h4,6H,3,5,7H2,1-2H3/b8-4+,13-6?. The van der Waals surface area contributed by atoms with Crippen LogP contribution in [0.25, 0.3) is 0 Å². The Morgan fingerprint density at radius 3 is 2.46 bits per heavy atom. The molecule has 0 aliphatic rings. The summed E-state index contributed by atoms with van der Waals surface area (Å²) in [4.78, 5) is 3.62. The molecule has 0 bridgehead atoms. The van der Waals surface area contributed by atoms with Crippen LogP contribution < -0.4 is 0 Å². The summed E-state index contributed by atoms with van der Waals surface area (Å²) in [5.74, 6) is 0. The maximum absolute atomic E-state index is 11.6. The van der Waals surface area contributed by atoms with Crippen LogP contribution in [0.5, 0.6) is 0 Å². The lowest BCUT2D eigenvalue weighted by atomic mass is 10.2. The van der Waals surface area contributed by atoms with Crippen LogP contribution in [0, 0.1) is 0 Å². The van der Waals surface area contributed by atoms with E-state index in [1.807, 2.05) is 13.8 Å². The lowest BCUT2D eigenvalue weighted by Crippen LogP contribution is -2.08. The summed E-state index contributed by atoms with van der Waals surface area (Å²) < 4.78 is 34.9. The molecule has 0 fully saturated rings. The molecule has 0 amide bonds. The van der Waals surface area contributed by atoms with Gasteiger partial charge in [-0.05, 0) is 19.4 Å². The van der Waals surface area contributed by atoms with Gasteiger partial charge in [0, 0.05) is 12.8 Å². The van der Waals surface area contributed by atoms with Gasteiger partial charge in [0.05, 0.1) is 6.42 Å². The quantitative estimate of drug-likeness (QED) is 0.607. The van der Waals surface area contributed by atoms with Crippen molar-refractivity contribution in [1.82, 2.24) is 0 Å². The Kier molecular flexibility index (Phi) is 5.42. The fraction of sp³-hybridized carbons (Fsp3) is 0.667. The van der Waals surface area contributed by atoms with E-state index in [9.17, 15) is 13.2 Å². The molecule has 0 N–H and O–H groups in total. The van der Waals surface area contributed by atoms with Gasteiger partial charge in [0.2, 0.25) is 0 Å². The molecule has 0 rings (SSSR count). The number of hydrogen-bond acceptors (Lipinski definition) is 1. The molecule has 76 valence electrons. The van der Waals surface area contributed by atoms with Crippen LogP contribution in [0.3, 0.4) is 0 Å². The third-order valence-electron chi connectivity index (χ3n) is 1.55. The Labute approximate surface area is 76.4 Å². The van der Waals surface area contributed by atoms with Gasteiger partial charge in [-0.25, -0.2) is 0 Å². The highest BCUT2D eigenvalue weighted by Gasteiger charge is 2.25. The molecule has 4 heteroatoms. The first-order chi connectivity index (χ1) is 5.95. The summed E-state index contributed by atoms with van der Waals surface area (Å²) in [5.41, 5.74) is 1.11. The van der Waals surface area contributed by atoms with E-state index in [4.69, 9.17) is 0 Å². The molecule has 1 nitrogen and oxygen atoms in total. The smallest absolute Gasteiger partial charge is 0.293 e. The van der Waals surface area contributed by atoms with Gasteiger partial charge in [0.1, 0.15) is 0 Å². The Balaban J connectivity index is 3.65. The van der Waals surface area contributed by atoms with E-state index >= 15 is 0 Å². The molecule has 0 radical (unpaired) electrons. The maximum Gasteiger partial charge on any atom is 0.390 e. The summed E-state index contributed by atoms with van der Waals surface area (Å²) in [5, 5.41) is 0. The normalized spacial score (nSPS) is 14.1. The highest BCUT2D eigenvalue weighted by atomic mass is 19.4. The van der Waals surface area contributed by atoms with Gasteiger partial charge in [0.15, 0.2) is 0 Å². The molecule has 0 aromatic carbocycles. The number of rotatable bonds is 4. The molecular formula is C9H14F3N. The first-order valence-electron chi connectivity index (χ1n) is 4.18. The molecule has 0 saturated heterocycles. The number of alkyl halides is 3. The van der Waals surface area contributed by atoms with E-state index in [-0.39, 0.29) is 6.54 Å². The lowest BCUT2D eigenvalue weighted by molar-refractivity contribution is -0.132. The monoisotopic (exact) mass is 193 g/mol. The lowest BCUT2D eigenvalue weighted by Gasteiger charge is -2.01. The first-order valence-corrected chi connectivity index (χ1v) is 4.18. The van der Waals surface area contributed by atoms with Crippen LogP contribution >= 0.6 is 0 Å². The van der Waals surface area contributed by atoms with Gasteiger partial charge in [-0.3, -0.25) is 4.99 Å². The van der Waals surface area contributed by atoms with Crippen molar-refractivity contribution < 1.29 is 13.2 Å². The second-order valence-electron chi connectivity index (χ2n) is 2.79. The van der Waals surface area contributed by atoms with Crippen LogP contribution in [-0.2, 0) is 0 Å². The maximum atomic E-state index is 11.6. The molecule has 0 saturated carbocycles. The van der Waals surface area contributed by atoms with Crippen LogP contribution in [0.15, 0.2) is 16.6 Å². The highest BCUT2D eigenvalue weighted by molar-refractivity contribution is 5.71. The van der Waals surface area contributed by atoms with Gasteiger partial charge in [-0.2, -0.15) is 13.2 Å². The van der Waals surface area contributed by atoms with E-state index in [2.05, 4.69) is 4.99 Å². The van der Waals surface area contributed by atoms with Crippen molar-refractivity contribution in [2.45, 2.75) is 32.9 Å². The van der Waals surface area contributed by atoms with Crippen LogP contribution in [0.2, 0.25) is 0 Å². The van der Waals surface area contributed by atoms with Gasteiger partial charge >= 0.3 is 6.18 Å². The number of halogens is 3. The molecule has 0 unspecified atom stereocenters. The third-order valence-corrected chi connectivity index (χ3v) is 1.55. The van der Waals surface area contributed by atoms with Crippen molar-refractivity contribution in [2.75, 3.05) is 6.54 Å². The van der Waals surface area contributed by atoms with E-state index < -0.39 is 12.6 Å². The van der Waals surface area contributed by atoms with Gasteiger partial charge in [-0.15, -0.1) is 0 Å². The highest BCUT2D eigenvalue weighted by Crippen LogP contribution is 2.18. The van der Waals surface area contributed by atoms with Gasteiger partial charge < -0.3 is 0 Å². The van der Waals surface area contributed by atoms with Crippen molar-refractivity contribution in [3.63, 3.8) is 0 Å². The summed E-state index contributed by atoms with van der Waals surface area (Å²) in [7, 11) is 0. The zero-order valence-electron chi connectivity index (χ0n) is 7.86. The predicted octanol–water partition coefficient (Wildman–Crippen LogP) is 3.37. The van der Waals surface area contributed by atoms with Crippen molar-refractivity contribution in [3.05, 3.63) is 11.6 Å². The molecule has 0 aliphatic heterocycles. The largest absolute Gasteiger partial charge is 0.390 e. The van der Waals surface area contributed by atoms with E-state index in [0.29, 0.717) is 0 Å². The predicted molar refractivity (Wildman–Crippen MR) is 48.1 cm³/mol. The first kappa shape index (κ1) is 12.2. The summed E-state index contributed by atoms with van der Waals surface area (Å²) in [6.07, 6.45) is -0.879. The molecule has 0 aromatic heterocycles. The van der Waals surface area contributed by atoms with Crippen LogP contribution in [0.1, 0.15) is 26.7 Å². The molecule has 0 aliphatic carbocycles. The van der Waals surface area contributed by atoms with E-state index in [1.165, 1.54) is 6.21 Å². The average molecular weight is 193 g/mol. The molecule has 0 spiro atoms. The Morgan fingerprint density at radius 2 is 2.00 bits per heavy atom. The Morgan fingerprint density at radius 1 is 1.38 bits per heavy atom. The average Bonchev–Trinajstić information content (AvgIpc) is 2.01. The van der Waals surface area contributed by atoms with Crippen molar-refractivity contribution in [3.8, 4) is 0 Å². The number of hydrogen-bond donors (Lipinski definition) is 0. The van der Waals surface area contributed by atoms with Crippen molar-refractivity contribution in [1.29, 1.82) is 0 Å². The molecule has 0 heterocycles. The zero-order valence-corrected chi connectivity index (χ0v) is 7.86. The SMILES string of the molecule is CC/C(C)=C/C=NCCC(F)(F)F. The number of allylic oxidation sites excluding steroid dienone is 2. The second-order valence-corrected chi connectivity index (χ2v) is 2.79. The number of aliphatic imine (C=N–C) groups is 1. The van der Waals surface area contributed by atoms with Gasteiger partial charge in [0.25, 0.3) is 0 Å². The van der Waals surface area contributed by atoms with Crippen molar-refractivity contribution in [2.24, 2.45) is 4.99 Å². The number of nitrogens with zero attached hydrogens (tertiary/aromatic N) is 1. The molecule has 0 atom stereocenters. The van der Waals surface area contributed by atoms with E-state index in [0.717, 1.165) is 12.0 Å². The van der Waals surface area contributed by atoms with Crippen molar-refractivity contribution >= 4 is 6.21 Å². The summed E-state index contributed by atoms with van der Waals surface area (Å²) in [6, 6.07) is 0. The molecule has 13 heavy (non-hydrogen) atoms. The zero-order chi connectivity index (χ0) is 10.3. The van der Waals surface area contributed by atoms with E-state index in [1.54, 1.807) is 6.08 Å². The third kappa shape index (κ3) is 9.11. The second kappa shape index (κ2) is 5.78. The Bertz CT molecular complexity index is 192. The fourth-order valence-corrected chi connectivity index (χ4v) is 0.564. The van der Waals surface area contributed by atoms with Gasteiger partial charge in [-0.1, -0.05) is 12.5 Å². The Hall–Kier alpha value is -0.800. The van der Waals surface area contributed by atoms with Crippen LogP contribution in [-0.4, -0.2) is 18.9 Å². The van der Waals surface area contributed by atoms with Crippen LogP contribution in [0.4, 0.5) is 13.2 Å². The molecular weight excluding hydrogens is 179 g/mol. The fourth-order valence-electron chi connectivity index (χ4n) is 0.564.